The average Bonchev–Trinajstić information content (AvgIpc) is 2.70. The van der Waals surface area contributed by atoms with E-state index in [4.69, 9.17) is 14.2 Å². The van der Waals surface area contributed by atoms with Crippen molar-refractivity contribution in [3.05, 3.63) is 64.7 Å². The topological polar surface area (TPSA) is 60.0 Å². The first-order valence-electron chi connectivity index (χ1n) is 9.85. The molecule has 2 aromatic carbocycles. The summed E-state index contributed by atoms with van der Waals surface area (Å²) < 4.78 is 16.7. The fraction of sp³-hybridized carbons (Fsp3) is 0.478. The van der Waals surface area contributed by atoms with Gasteiger partial charge in [-0.25, -0.2) is 0 Å². The molecule has 0 saturated heterocycles. The molecule has 1 aliphatic carbocycles. The van der Waals surface area contributed by atoms with Crippen molar-refractivity contribution in [1.29, 1.82) is 0 Å². The van der Waals surface area contributed by atoms with Gasteiger partial charge in [-0.05, 0) is 36.5 Å². The van der Waals surface area contributed by atoms with Gasteiger partial charge in [-0.2, -0.15) is 0 Å². The molecule has 1 aliphatic rings. The Hall–Kier alpha value is -1.92. The van der Waals surface area contributed by atoms with Crippen LogP contribution in [0.4, 0.5) is 0 Å². The molecule has 0 heterocycles. The van der Waals surface area contributed by atoms with Gasteiger partial charge in [0.05, 0.1) is 25.4 Å². The van der Waals surface area contributed by atoms with E-state index in [1.165, 1.54) is 0 Å². The molecule has 0 saturated carbocycles. The van der Waals surface area contributed by atoms with Gasteiger partial charge in [-0.1, -0.05) is 42.5 Å². The molecule has 28 heavy (non-hydrogen) atoms. The molecule has 0 fully saturated rings. The Morgan fingerprint density at radius 3 is 2.46 bits per heavy atom. The summed E-state index contributed by atoms with van der Waals surface area (Å²) in [4.78, 5) is 0. The second-order valence-electron chi connectivity index (χ2n) is 7.42. The van der Waals surface area contributed by atoms with Gasteiger partial charge in [-0.15, -0.1) is 0 Å². The highest BCUT2D eigenvalue weighted by molar-refractivity contribution is 5.48. The van der Waals surface area contributed by atoms with Crippen LogP contribution in [0.2, 0.25) is 0 Å². The van der Waals surface area contributed by atoms with Crippen molar-refractivity contribution >= 4 is 0 Å². The van der Waals surface area contributed by atoms with E-state index in [0.29, 0.717) is 19.8 Å². The van der Waals surface area contributed by atoms with E-state index in [1.807, 2.05) is 30.3 Å². The van der Waals surface area contributed by atoms with E-state index in [0.717, 1.165) is 40.8 Å². The molecule has 5 heteroatoms. The number of rotatable bonds is 9. The first kappa shape index (κ1) is 20.8. The van der Waals surface area contributed by atoms with E-state index in [2.05, 4.69) is 24.4 Å². The summed E-state index contributed by atoms with van der Waals surface area (Å²) in [6, 6.07) is 14.2. The molecular formula is C23H31NO4. The zero-order valence-corrected chi connectivity index (χ0v) is 17.0. The Balaban J connectivity index is 1.75. The Bertz CT molecular complexity index is 744. The van der Waals surface area contributed by atoms with Crippen LogP contribution in [0.5, 0.6) is 5.75 Å². The van der Waals surface area contributed by atoms with Crippen LogP contribution >= 0.6 is 0 Å². The molecule has 2 N–H and O–H groups in total. The maximum atomic E-state index is 11.0. The number of aliphatic hydroxyl groups excluding tert-OH is 1. The first-order chi connectivity index (χ1) is 13.6. The highest BCUT2D eigenvalue weighted by Gasteiger charge is 2.31. The molecule has 2 aromatic rings. The third-order valence-corrected chi connectivity index (χ3v) is 5.31. The van der Waals surface area contributed by atoms with Crippen molar-refractivity contribution in [2.75, 3.05) is 27.4 Å². The summed E-state index contributed by atoms with van der Waals surface area (Å²) in [5.41, 5.74) is 4.31. The summed E-state index contributed by atoms with van der Waals surface area (Å²) in [7, 11) is 3.35. The molecule has 0 amide bonds. The minimum absolute atomic E-state index is 0.0347. The zero-order valence-electron chi connectivity index (χ0n) is 17.0. The molecule has 5 nitrogen and oxygen atoms in total. The van der Waals surface area contributed by atoms with Crippen molar-refractivity contribution in [3.8, 4) is 5.75 Å². The lowest BCUT2D eigenvalue weighted by Crippen LogP contribution is -2.48. The standard InChI is InChI=1S/C23H31NO4/c1-16-9-10-19-20(23(16)28-13-17-7-5-4-6-8-17)11-12-21(22(19)25)24-18(14-26-2)15-27-3/h4-10,18,21-22,24-25H,11-15H2,1-3H3/t21-,22-/m1/s1. The molecule has 0 unspecified atom stereocenters. The van der Waals surface area contributed by atoms with Gasteiger partial charge in [0, 0.05) is 25.8 Å². The maximum absolute atomic E-state index is 11.0. The van der Waals surface area contributed by atoms with Gasteiger partial charge in [0.25, 0.3) is 0 Å². The predicted molar refractivity (Wildman–Crippen MR) is 110 cm³/mol. The third kappa shape index (κ3) is 4.92. The number of nitrogens with one attached hydrogen (secondary N) is 1. The summed E-state index contributed by atoms with van der Waals surface area (Å²) in [5, 5.41) is 14.5. The lowest BCUT2D eigenvalue weighted by Gasteiger charge is -2.34. The van der Waals surface area contributed by atoms with Crippen LogP contribution < -0.4 is 10.1 Å². The van der Waals surface area contributed by atoms with Crippen LogP contribution in [0.15, 0.2) is 42.5 Å². The SMILES string of the molecule is COCC(COC)N[C@@H]1CCc2c(ccc(C)c2OCc2ccccc2)[C@H]1O. The number of ether oxygens (including phenoxy) is 3. The number of aliphatic hydroxyl groups is 1. The van der Waals surface area contributed by atoms with E-state index < -0.39 is 6.10 Å². The minimum Gasteiger partial charge on any atom is -0.488 e. The Morgan fingerprint density at radius 2 is 1.79 bits per heavy atom. The summed E-state index contributed by atoms with van der Waals surface area (Å²) >= 11 is 0. The van der Waals surface area contributed by atoms with Gasteiger partial charge in [-0.3, -0.25) is 0 Å². The van der Waals surface area contributed by atoms with E-state index in [-0.39, 0.29) is 12.1 Å². The van der Waals surface area contributed by atoms with Crippen molar-refractivity contribution in [2.45, 2.75) is 44.6 Å². The van der Waals surface area contributed by atoms with Crippen LogP contribution in [-0.4, -0.2) is 44.6 Å². The molecule has 152 valence electrons. The van der Waals surface area contributed by atoms with E-state index in [9.17, 15) is 5.11 Å². The zero-order chi connectivity index (χ0) is 19.9. The third-order valence-electron chi connectivity index (χ3n) is 5.31. The quantitative estimate of drug-likeness (QED) is 0.694. The maximum Gasteiger partial charge on any atom is 0.126 e. The normalized spacial score (nSPS) is 18.9. The van der Waals surface area contributed by atoms with Crippen LogP contribution in [0, 0.1) is 6.92 Å². The molecule has 0 bridgehead atoms. The summed E-state index contributed by atoms with van der Waals surface area (Å²) in [6.07, 6.45) is 1.12. The van der Waals surface area contributed by atoms with Gasteiger partial charge >= 0.3 is 0 Å². The lowest BCUT2D eigenvalue weighted by atomic mass is 9.84. The highest BCUT2D eigenvalue weighted by atomic mass is 16.5. The average molecular weight is 386 g/mol. The fourth-order valence-corrected chi connectivity index (χ4v) is 3.92. The highest BCUT2D eigenvalue weighted by Crippen LogP contribution is 2.38. The van der Waals surface area contributed by atoms with E-state index in [1.54, 1.807) is 14.2 Å². The minimum atomic E-state index is -0.584. The predicted octanol–water partition coefficient (Wildman–Crippen LogP) is 3.17. The lowest BCUT2D eigenvalue weighted by molar-refractivity contribution is 0.0633. The molecule has 0 aliphatic heterocycles. The van der Waals surface area contributed by atoms with Crippen molar-refractivity contribution in [1.82, 2.24) is 5.32 Å². The molecule has 0 radical (unpaired) electrons. The number of hydrogen-bond donors (Lipinski definition) is 2. The first-order valence-corrected chi connectivity index (χ1v) is 9.85. The number of benzene rings is 2. The molecular weight excluding hydrogens is 354 g/mol. The van der Waals surface area contributed by atoms with Crippen LogP contribution in [-0.2, 0) is 22.5 Å². The van der Waals surface area contributed by atoms with Gasteiger partial charge in [0.15, 0.2) is 0 Å². The summed E-state index contributed by atoms with van der Waals surface area (Å²) in [5.74, 6) is 0.907. The van der Waals surface area contributed by atoms with Crippen LogP contribution in [0.1, 0.15) is 34.8 Å². The van der Waals surface area contributed by atoms with Crippen molar-refractivity contribution < 1.29 is 19.3 Å². The Morgan fingerprint density at radius 1 is 1.07 bits per heavy atom. The second-order valence-corrected chi connectivity index (χ2v) is 7.42. The second kappa shape index (κ2) is 10.0. The number of fused-ring (bicyclic) bond motifs is 1. The number of aryl methyl sites for hydroxylation is 1. The van der Waals surface area contributed by atoms with E-state index >= 15 is 0 Å². The van der Waals surface area contributed by atoms with Crippen LogP contribution in [0.25, 0.3) is 0 Å². The van der Waals surface area contributed by atoms with Gasteiger partial charge in [0.1, 0.15) is 12.4 Å². The molecule has 2 atom stereocenters. The van der Waals surface area contributed by atoms with Crippen molar-refractivity contribution in [3.63, 3.8) is 0 Å². The fourth-order valence-electron chi connectivity index (χ4n) is 3.92. The largest absolute Gasteiger partial charge is 0.488 e. The van der Waals surface area contributed by atoms with Crippen LogP contribution in [0.3, 0.4) is 0 Å². The van der Waals surface area contributed by atoms with Gasteiger partial charge < -0.3 is 24.6 Å². The monoisotopic (exact) mass is 385 g/mol. The molecule has 0 aromatic heterocycles. The number of hydrogen-bond acceptors (Lipinski definition) is 5. The molecule has 3 rings (SSSR count). The van der Waals surface area contributed by atoms with Crippen molar-refractivity contribution in [2.24, 2.45) is 0 Å². The summed E-state index contributed by atoms with van der Waals surface area (Å²) in [6.45, 7) is 3.68. The molecule has 0 spiro atoms. The number of methoxy groups -OCH3 is 2. The Kier molecular flexibility index (Phi) is 7.45. The Labute approximate surface area is 167 Å². The smallest absolute Gasteiger partial charge is 0.126 e. The van der Waals surface area contributed by atoms with Gasteiger partial charge in [0.2, 0.25) is 0 Å².